The molecule has 22 heavy (non-hydrogen) atoms. The molecule has 1 heterocycles. The Labute approximate surface area is 130 Å². The van der Waals surface area contributed by atoms with Crippen molar-refractivity contribution in [2.45, 2.75) is 38.6 Å². The molecular weight excluding hydrogens is 286 g/mol. The van der Waals surface area contributed by atoms with Crippen LogP contribution in [0.1, 0.15) is 32.6 Å². The normalized spacial score (nSPS) is 17.8. The summed E-state index contributed by atoms with van der Waals surface area (Å²) >= 11 is 0. The summed E-state index contributed by atoms with van der Waals surface area (Å²) in [5.41, 5.74) is 2.91. The molecule has 1 aliphatic rings. The second kappa shape index (κ2) is 9.11. The van der Waals surface area contributed by atoms with Gasteiger partial charge in [-0.3, -0.25) is 24.5 Å². The lowest BCUT2D eigenvalue weighted by atomic mass is 10.0. The van der Waals surface area contributed by atoms with Gasteiger partial charge in [-0.1, -0.05) is 32.6 Å². The molecular formula is C15H23N3O4. The number of amides is 3. The molecule has 7 heteroatoms. The maximum Gasteiger partial charge on any atom is 0.255 e. The van der Waals surface area contributed by atoms with Crippen LogP contribution in [-0.2, 0) is 19.2 Å². The maximum absolute atomic E-state index is 12.3. The van der Waals surface area contributed by atoms with Gasteiger partial charge in [-0.2, -0.15) is 0 Å². The van der Waals surface area contributed by atoms with Gasteiger partial charge in [0.1, 0.15) is 12.8 Å². The maximum atomic E-state index is 12.3. The first-order valence-corrected chi connectivity index (χ1v) is 7.31. The topological polar surface area (TPSA) is 87.7 Å². The van der Waals surface area contributed by atoms with Gasteiger partial charge in [0.2, 0.25) is 11.8 Å². The summed E-state index contributed by atoms with van der Waals surface area (Å²) in [4.78, 5) is 42.0. The Morgan fingerprint density at radius 3 is 2.86 bits per heavy atom. The van der Waals surface area contributed by atoms with Crippen molar-refractivity contribution in [3.8, 4) is 0 Å². The van der Waals surface area contributed by atoms with Crippen LogP contribution >= 0.6 is 0 Å². The fraction of sp³-hybridized carbons (Fsp3) is 0.533. The minimum atomic E-state index is -0.755. The number of carbonyl (C=O) groups excluding carboxylic acids is 3. The molecule has 0 aromatic heterocycles. The van der Waals surface area contributed by atoms with Crippen LogP contribution in [0.15, 0.2) is 24.8 Å². The largest absolute Gasteiger partial charge is 0.301 e. The summed E-state index contributed by atoms with van der Waals surface area (Å²) in [5, 5.41) is 2.23. The fourth-order valence-electron chi connectivity index (χ4n) is 1.98. The minimum absolute atomic E-state index is 0.109. The first-order chi connectivity index (χ1) is 10.5. The Morgan fingerprint density at radius 2 is 2.27 bits per heavy atom. The molecule has 1 aliphatic heterocycles. The minimum Gasteiger partial charge on any atom is -0.301 e. The Kier molecular flexibility index (Phi) is 7.48. The number of hydrogen-bond acceptors (Lipinski definition) is 5. The van der Waals surface area contributed by atoms with Gasteiger partial charge in [0, 0.05) is 18.5 Å². The molecule has 1 fully saturated rings. The van der Waals surface area contributed by atoms with E-state index in [9.17, 15) is 14.4 Å². The molecule has 3 amide bonds. The van der Waals surface area contributed by atoms with Crippen molar-refractivity contribution < 1.29 is 19.2 Å². The zero-order valence-corrected chi connectivity index (χ0v) is 12.9. The number of piperidine rings is 1. The van der Waals surface area contributed by atoms with Crippen LogP contribution in [0.4, 0.5) is 0 Å². The average Bonchev–Trinajstić information content (AvgIpc) is 2.50. The zero-order chi connectivity index (χ0) is 16.5. The number of hydrogen-bond donors (Lipinski definition) is 2. The second-order valence-corrected chi connectivity index (χ2v) is 4.99. The van der Waals surface area contributed by atoms with Crippen LogP contribution in [0.2, 0.25) is 0 Å². The van der Waals surface area contributed by atoms with E-state index in [-0.39, 0.29) is 31.1 Å². The van der Waals surface area contributed by atoms with E-state index >= 15 is 0 Å². The number of nitrogens with one attached hydrogen (secondary N) is 2. The van der Waals surface area contributed by atoms with Gasteiger partial charge in [0.05, 0.1) is 0 Å². The summed E-state index contributed by atoms with van der Waals surface area (Å²) in [6.07, 6.45) is 3.72. The lowest BCUT2D eigenvalue weighted by Crippen LogP contribution is -2.55. The van der Waals surface area contributed by atoms with E-state index in [0.29, 0.717) is 6.54 Å². The molecule has 0 spiro atoms. The molecule has 1 unspecified atom stereocenters. The summed E-state index contributed by atoms with van der Waals surface area (Å²) in [6, 6.07) is -0.755. The standard InChI is InChI=1S/C15H23N3O4/c1-4-6-9-16-22-10-18(15(21)11(3)5-2)12-7-8-13(19)17-14(12)20/h5,12,16H,2-4,6-10H2,1H3,(H,17,19,20). The molecule has 122 valence electrons. The first-order valence-electron chi connectivity index (χ1n) is 7.31. The molecule has 0 aromatic carbocycles. The molecule has 2 N–H and O–H groups in total. The molecule has 1 rings (SSSR count). The van der Waals surface area contributed by atoms with Crippen molar-refractivity contribution in [3.05, 3.63) is 24.8 Å². The van der Waals surface area contributed by atoms with Crippen molar-refractivity contribution in [1.82, 2.24) is 15.7 Å². The van der Waals surface area contributed by atoms with Gasteiger partial charge < -0.3 is 4.90 Å². The van der Waals surface area contributed by atoms with Crippen molar-refractivity contribution in [2.24, 2.45) is 0 Å². The van der Waals surface area contributed by atoms with E-state index in [1.807, 2.05) is 0 Å². The summed E-state index contributed by atoms with van der Waals surface area (Å²) in [6.45, 7) is 9.70. The number of carbonyl (C=O) groups is 3. The van der Waals surface area contributed by atoms with E-state index in [4.69, 9.17) is 4.84 Å². The number of hydroxylamine groups is 1. The smallest absolute Gasteiger partial charge is 0.255 e. The van der Waals surface area contributed by atoms with Crippen LogP contribution in [-0.4, -0.2) is 41.9 Å². The van der Waals surface area contributed by atoms with E-state index in [1.165, 1.54) is 11.0 Å². The third kappa shape index (κ3) is 5.09. The summed E-state index contributed by atoms with van der Waals surface area (Å²) in [5.74, 6) is -1.28. The van der Waals surface area contributed by atoms with Crippen molar-refractivity contribution in [3.63, 3.8) is 0 Å². The van der Waals surface area contributed by atoms with Gasteiger partial charge in [0.25, 0.3) is 5.91 Å². The first kappa shape index (κ1) is 18.1. The third-order valence-electron chi connectivity index (χ3n) is 3.31. The predicted octanol–water partition coefficient (Wildman–Crippen LogP) is 0.641. The van der Waals surface area contributed by atoms with Crippen LogP contribution in [0.3, 0.4) is 0 Å². The highest BCUT2D eigenvalue weighted by Crippen LogP contribution is 2.15. The lowest BCUT2D eigenvalue weighted by Gasteiger charge is -2.32. The monoisotopic (exact) mass is 309 g/mol. The van der Waals surface area contributed by atoms with Gasteiger partial charge in [0.15, 0.2) is 0 Å². The van der Waals surface area contributed by atoms with Crippen molar-refractivity contribution >= 4 is 17.7 Å². The van der Waals surface area contributed by atoms with Gasteiger partial charge in [-0.15, -0.1) is 0 Å². The Hall–Kier alpha value is -1.99. The van der Waals surface area contributed by atoms with E-state index in [2.05, 4.69) is 30.9 Å². The summed E-state index contributed by atoms with van der Waals surface area (Å²) < 4.78 is 0. The lowest BCUT2D eigenvalue weighted by molar-refractivity contribution is -0.151. The highest BCUT2D eigenvalue weighted by molar-refractivity contribution is 6.04. The van der Waals surface area contributed by atoms with Crippen LogP contribution in [0, 0.1) is 0 Å². The fourth-order valence-corrected chi connectivity index (χ4v) is 1.98. The molecule has 0 saturated carbocycles. The highest BCUT2D eigenvalue weighted by Gasteiger charge is 2.34. The molecule has 7 nitrogen and oxygen atoms in total. The van der Waals surface area contributed by atoms with Gasteiger partial charge >= 0.3 is 0 Å². The number of nitrogens with zero attached hydrogens (tertiary/aromatic N) is 1. The predicted molar refractivity (Wildman–Crippen MR) is 81.2 cm³/mol. The average molecular weight is 309 g/mol. The summed E-state index contributed by atoms with van der Waals surface area (Å²) in [7, 11) is 0. The van der Waals surface area contributed by atoms with E-state index in [1.54, 1.807) is 0 Å². The molecule has 0 aromatic rings. The van der Waals surface area contributed by atoms with Gasteiger partial charge in [-0.05, 0) is 12.8 Å². The molecule has 0 radical (unpaired) electrons. The zero-order valence-electron chi connectivity index (χ0n) is 12.9. The Balaban J connectivity index is 2.71. The molecule has 1 saturated heterocycles. The van der Waals surface area contributed by atoms with Crippen molar-refractivity contribution in [1.29, 1.82) is 0 Å². The third-order valence-corrected chi connectivity index (χ3v) is 3.31. The van der Waals surface area contributed by atoms with Gasteiger partial charge in [-0.25, -0.2) is 5.48 Å². The second-order valence-electron chi connectivity index (χ2n) is 4.99. The van der Waals surface area contributed by atoms with E-state index < -0.39 is 17.9 Å². The van der Waals surface area contributed by atoms with E-state index in [0.717, 1.165) is 12.8 Å². The Morgan fingerprint density at radius 1 is 1.55 bits per heavy atom. The molecule has 1 atom stereocenters. The molecule has 0 bridgehead atoms. The van der Waals surface area contributed by atoms with Crippen LogP contribution in [0.25, 0.3) is 0 Å². The number of imide groups is 1. The van der Waals surface area contributed by atoms with Crippen LogP contribution in [0.5, 0.6) is 0 Å². The SMILES string of the molecule is C=CC(=C)C(=O)N(CONCCCC)C1CCC(=O)NC1=O. The highest BCUT2D eigenvalue weighted by atomic mass is 16.7. The number of rotatable bonds is 9. The van der Waals surface area contributed by atoms with Crippen molar-refractivity contribution in [2.75, 3.05) is 13.3 Å². The molecule has 0 aliphatic carbocycles. The van der Waals surface area contributed by atoms with Crippen LogP contribution < -0.4 is 10.8 Å². The quantitative estimate of drug-likeness (QED) is 0.163. The Bertz CT molecular complexity index is 462. The number of unbranched alkanes of at least 4 members (excludes halogenated alkanes) is 1.